The minimum absolute atomic E-state index is 0.269. The molecule has 2 saturated heterocycles. The highest BCUT2D eigenvalue weighted by Crippen LogP contribution is 2.34. The van der Waals surface area contributed by atoms with Crippen LogP contribution in [0, 0.1) is 5.41 Å². The van der Waals surface area contributed by atoms with Crippen molar-refractivity contribution in [2.24, 2.45) is 5.41 Å². The summed E-state index contributed by atoms with van der Waals surface area (Å²) in [4.78, 5) is 31.7. The first-order valence-electron chi connectivity index (χ1n) is 10.6. The van der Waals surface area contributed by atoms with Crippen LogP contribution in [0.5, 0.6) is 0 Å². The molecule has 208 valence electrons. The molecule has 1 unspecified atom stereocenters. The fourth-order valence-electron chi connectivity index (χ4n) is 3.67. The van der Waals surface area contributed by atoms with E-state index >= 15 is 0 Å². The lowest BCUT2D eigenvalue weighted by atomic mass is 9.87. The lowest BCUT2D eigenvalue weighted by molar-refractivity contribution is -0.193. The van der Waals surface area contributed by atoms with Gasteiger partial charge >= 0.3 is 24.3 Å². The summed E-state index contributed by atoms with van der Waals surface area (Å²) in [5.41, 5.74) is 0.269. The monoisotopic (exact) mass is 578 g/mol. The molecule has 9 nitrogen and oxygen atoms in total. The molecule has 0 saturated carbocycles. The van der Waals surface area contributed by atoms with Gasteiger partial charge in [-0.15, -0.1) is 22.7 Å². The first kappa shape index (κ1) is 30.9. The molecule has 4 heterocycles. The third kappa shape index (κ3) is 10.9. The molecule has 2 aromatic heterocycles. The van der Waals surface area contributed by atoms with Crippen LogP contribution in [0.4, 0.5) is 26.3 Å². The number of hydrogen-bond acceptors (Lipinski definition) is 9. The maximum Gasteiger partial charge on any atom is 0.490 e. The van der Waals surface area contributed by atoms with E-state index in [1.807, 2.05) is 12.4 Å². The number of nitrogens with zero attached hydrogens (tertiary/aromatic N) is 4. The molecular weight excluding hydrogens is 554 g/mol. The lowest BCUT2D eigenvalue weighted by Gasteiger charge is -2.31. The Balaban J connectivity index is 0.000000286. The van der Waals surface area contributed by atoms with Crippen molar-refractivity contribution in [3.05, 3.63) is 33.2 Å². The maximum absolute atomic E-state index is 10.6. The smallest absolute Gasteiger partial charge is 0.475 e. The molecule has 37 heavy (non-hydrogen) atoms. The van der Waals surface area contributed by atoms with Crippen LogP contribution in [0.3, 0.4) is 0 Å². The fourth-order valence-corrected chi connectivity index (χ4v) is 4.99. The summed E-state index contributed by atoms with van der Waals surface area (Å²) < 4.78 is 69.4. The van der Waals surface area contributed by atoms with Crippen LogP contribution < -0.4 is 0 Å². The average Bonchev–Trinajstić information content (AvgIpc) is 3.52. The number of alkyl halides is 6. The Hall–Kier alpha value is -2.34. The number of halogens is 6. The number of thiazole rings is 2. The number of carboxylic acid groups (broad SMARTS) is 2. The number of carboxylic acids is 2. The van der Waals surface area contributed by atoms with E-state index < -0.39 is 24.3 Å². The van der Waals surface area contributed by atoms with Gasteiger partial charge in [0.05, 0.1) is 26.3 Å². The first-order valence-corrected chi connectivity index (χ1v) is 12.4. The second-order valence-corrected chi connectivity index (χ2v) is 10.1. The SMILES string of the molecule is O=C(O)C(F)(F)F.O=C(O)C(F)(F)F.c1csc(CN2CCOCC3(CCN(Cc4nccs4)C3)C2)n1. The van der Waals surface area contributed by atoms with Crippen molar-refractivity contribution < 1.29 is 50.9 Å². The molecule has 2 aromatic rings. The Kier molecular flexibility index (Phi) is 11.2. The summed E-state index contributed by atoms with van der Waals surface area (Å²) in [6.07, 6.45) is -5.15. The molecule has 2 N–H and O–H groups in total. The van der Waals surface area contributed by atoms with Gasteiger partial charge in [0.25, 0.3) is 0 Å². The van der Waals surface area contributed by atoms with Gasteiger partial charge < -0.3 is 14.9 Å². The van der Waals surface area contributed by atoms with Gasteiger partial charge in [0, 0.05) is 48.2 Å². The molecular formula is C20H24F6N4O5S2. The summed E-state index contributed by atoms with van der Waals surface area (Å²) in [5, 5.41) is 20.8. The minimum Gasteiger partial charge on any atom is -0.475 e. The van der Waals surface area contributed by atoms with Gasteiger partial charge in [-0.05, 0) is 13.0 Å². The molecule has 2 fully saturated rings. The quantitative estimate of drug-likeness (QED) is 0.525. The molecule has 2 aliphatic rings. The zero-order valence-corrected chi connectivity index (χ0v) is 20.8. The fraction of sp³-hybridized carbons (Fsp3) is 0.600. The topological polar surface area (TPSA) is 116 Å². The molecule has 0 radical (unpaired) electrons. The van der Waals surface area contributed by atoms with Crippen molar-refractivity contribution >= 4 is 34.6 Å². The average molecular weight is 579 g/mol. The lowest BCUT2D eigenvalue weighted by Crippen LogP contribution is -2.40. The zero-order chi connectivity index (χ0) is 27.7. The van der Waals surface area contributed by atoms with Crippen LogP contribution in [0.2, 0.25) is 0 Å². The van der Waals surface area contributed by atoms with Crippen molar-refractivity contribution in [1.29, 1.82) is 0 Å². The van der Waals surface area contributed by atoms with E-state index in [1.165, 1.54) is 16.4 Å². The highest BCUT2D eigenvalue weighted by molar-refractivity contribution is 7.09. The number of ether oxygens (including phenoxy) is 1. The van der Waals surface area contributed by atoms with Crippen molar-refractivity contribution in [1.82, 2.24) is 19.8 Å². The molecule has 1 spiro atoms. The number of likely N-dealkylation sites (tertiary alicyclic amines) is 1. The summed E-state index contributed by atoms with van der Waals surface area (Å²) in [6, 6.07) is 0. The molecule has 0 amide bonds. The molecule has 0 bridgehead atoms. The van der Waals surface area contributed by atoms with E-state index in [9.17, 15) is 26.3 Å². The van der Waals surface area contributed by atoms with Crippen LogP contribution in [-0.4, -0.2) is 93.7 Å². The normalized spacial score (nSPS) is 20.9. The number of aromatic nitrogens is 2. The molecule has 4 rings (SSSR count). The maximum atomic E-state index is 10.6. The van der Waals surface area contributed by atoms with E-state index in [0.717, 1.165) is 52.5 Å². The number of aliphatic carboxylic acids is 2. The molecule has 0 aromatic carbocycles. The molecule has 2 aliphatic heterocycles. The van der Waals surface area contributed by atoms with E-state index in [2.05, 4.69) is 30.5 Å². The van der Waals surface area contributed by atoms with Crippen LogP contribution in [0.15, 0.2) is 23.2 Å². The van der Waals surface area contributed by atoms with Gasteiger partial charge in [0.1, 0.15) is 10.0 Å². The zero-order valence-electron chi connectivity index (χ0n) is 19.2. The van der Waals surface area contributed by atoms with Crippen LogP contribution in [-0.2, 0) is 27.4 Å². The molecule has 1 atom stereocenters. The predicted molar refractivity (Wildman–Crippen MR) is 120 cm³/mol. The van der Waals surface area contributed by atoms with Crippen LogP contribution in [0.1, 0.15) is 16.4 Å². The second kappa shape index (κ2) is 13.5. The molecule has 0 aliphatic carbocycles. The minimum atomic E-state index is -5.08. The number of carbonyl (C=O) groups is 2. The van der Waals surface area contributed by atoms with Gasteiger partial charge in [0.15, 0.2) is 0 Å². The van der Waals surface area contributed by atoms with Crippen molar-refractivity contribution in [2.75, 3.05) is 39.4 Å². The van der Waals surface area contributed by atoms with E-state index in [-0.39, 0.29) is 5.41 Å². The Morgan fingerprint density at radius 3 is 1.70 bits per heavy atom. The van der Waals surface area contributed by atoms with Crippen LogP contribution >= 0.6 is 22.7 Å². The number of hydrogen-bond donors (Lipinski definition) is 2. The van der Waals surface area contributed by atoms with Gasteiger partial charge in [-0.25, -0.2) is 19.6 Å². The van der Waals surface area contributed by atoms with Gasteiger partial charge in [-0.1, -0.05) is 0 Å². The second-order valence-electron chi connectivity index (χ2n) is 8.18. The van der Waals surface area contributed by atoms with Gasteiger partial charge in [-0.3, -0.25) is 9.80 Å². The van der Waals surface area contributed by atoms with Crippen LogP contribution in [0.25, 0.3) is 0 Å². The van der Waals surface area contributed by atoms with E-state index in [4.69, 9.17) is 24.5 Å². The van der Waals surface area contributed by atoms with Crippen molar-refractivity contribution in [3.63, 3.8) is 0 Å². The summed E-state index contributed by atoms with van der Waals surface area (Å²) >= 11 is 3.50. The molecule has 17 heteroatoms. The Morgan fingerprint density at radius 2 is 1.32 bits per heavy atom. The highest BCUT2D eigenvalue weighted by Gasteiger charge is 2.41. The van der Waals surface area contributed by atoms with E-state index in [1.54, 1.807) is 22.7 Å². The standard InChI is InChI=1S/C16H22N4OS2.2C2HF3O2/c1-4-19(9-14-17-2-7-22-14)11-16(1)12-20(5-6-21-13-16)10-15-18-3-8-23-15;2*3-2(4,5)1(6)7/h2-3,7-8H,1,4-6,9-13H2;2*(H,6,7). The number of rotatable bonds is 4. The van der Waals surface area contributed by atoms with Gasteiger partial charge in [-0.2, -0.15) is 26.3 Å². The Labute approximate surface area is 215 Å². The third-order valence-corrected chi connectivity index (χ3v) is 6.73. The Bertz CT molecular complexity index is 951. The van der Waals surface area contributed by atoms with Crippen molar-refractivity contribution in [3.8, 4) is 0 Å². The van der Waals surface area contributed by atoms with E-state index in [0.29, 0.717) is 0 Å². The third-order valence-electron chi connectivity index (χ3n) is 5.21. The summed E-state index contributed by atoms with van der Waals surface area (Å²) in [6.45, 7) is 8.03. The predicted octanol–water partition coefficient (Wildman–Crippen LogP) is 3.59. The van der Waals surface area contributed by atoms with Crippen molar-refractivity contribution in [2.45, 2.75) is 31.9 Å². The highest BCUT2D eigenvalue weighted by atomic mass is 32.1. The summed E-state index contributed by atoms with van der Waals surface area (Å²) in [5.74, 6) is -5.51. The largest absolute Gasteiger partial charge is 0.490 e. The first-order chi connectivity index (χ1) is 17.2. The Morgan fingerprint density at radius 1 is 0.892 bits per heavy atom. The van der Waals surface area contributed by atoms with Gasteiger partial charge in [0.2, 0.25) is 0 Å². The summed E-state index contributed by atoms with van der Waals surface area (Å²) in [7, 11) is 0.